The molecule has 2 N–H and O–H groups in total. The molecule has 0 saturated heterocycles. The first-order valence-corrected chi connectivity index (χ1v) is 9.84. The second kappa shape index (κ2) is 10.1. The van der Waals surface area contributed by atoms with Gasteiger partial charge in [-0.3, -0.25) is 9.59 Å². The van der Waals surface area contributed by atoms with Gasteiger partial charge in [-0.25, -0.2) is 4.98 Å². The molecule has 2 rings (SSSR count). The van der Waals surface area contributed by atoms with Gasteiger partial charge in [0.25, 0.3) is 5.91 Å². The molecule has 6 nitrogen and oxygen atoms in total. The number of aryl methyl sites for hydroxylation is 2. The molecule has 0 unspecified atom stereocenters. The summed E-state index contributed by atoms with van der Waals surface area (Å²) in [6.45, 7) is 9.19. The van der Waals surface area contributed by atoms with Crippen molar-refractivity contribution in [1.29, 1.82) is 0 Å². The van der Waals surface area contributed by atoms with E-state index >= 15 is 0 Å². The zero-order chi connectivity index (χ0) is 23.2. The Balaban J connectivity index is 2.01. The fourth-order valence-electron chi connectivity index (χ4n) is 2.65. The predicted octanol–water partition coefficient (Wildman–Crippen LogP) is 4.57. The van der Waals surface area contributed by atoms with E-state index in [-0.39, 0.29) is 23.9 Å². The molecular weight excluding hydrogens is 404 g/mol. The lowest BCUT2D eigenvalue weighted by molar-refractivity contribution is -0.115. The van der Waals surface area contributed by atoms with Crippen molar-refractivity contribution in [3.05, 3.63) is 64.9 Å². The maximum Gasteiger partial charge on any atom is 0.302 e. The lowest BCUT2D eigenvalue weighted by Gasteiger charge is -2.18. The van der Waals surface area contributed by atoms with E-state index in [4.69, 9.17) is 4.74 Å². The summed E-state index contributed by atoms with van der Waals surface area (Å²) in [5.74, 6) is -2.95. The van der Waals surface area contributed by atoms with E-state index < -0.39 is 12.5 Å². The Morgan fingerprint density at radius 1 is 1.19 bits per heavy atom. The highest BCUT2D eigenvalue weighted by molar-refractivity contribution is 5.96. The van der Waals surface area contributed by atoms with Crippen LogP contribution in [0.5, 0.6) is 5.75 Å². The van der Waals surface area contributed by atoms with Gasteiger partial charge in [0.05, 0.1) is 0 Å². The number of benzene rings is 1. The number of amides is 2. The first kappa shape index (κ1) is 24.0. The van der Waals surface area contributed by atoms with E-state index in [1.165, 1.54) is 13.0 Å². The number of nitrogens with one attached hydrogen (secondary N) is 2. The van der Waals surface area contributed by atoms with E-state index in [1.54, 1.807) is 45.0 Å². The minimum Gasteiger partial charge on any atom is -0.487 e. The van der Waals surface area contributed by atoms with Gasteiger partial charge in [0.1, 0.15) is 11.6 Å². The zero-order valence-electron chi connectivity index (χ0n) is 18.1. The molecule has 1 aromatic heterocycles. The largest absolute Gasteiger partial charge is 0.487 e. The third kappa shape index (κ3) is 6.87. The number of aromatic nitrogens is 1. The summed E-state index contributed by atoms with van der Waals surface area (Å²) in [5.41, 5.74) is 2.18. The van der Waals surface area contributed by atoms with E-state index in [9.17, 15) is 18.4 Å². The molecule has 0 fully saturated rings. The van der Waals surface area contributed by atoms with Crippen LogP contribution in [0.4, 0.5) is 14.6 Å². The smallest absolute Gasteiger partial charge is 0.302 e. The third-order valence-corrected chi connectivity index (χ3v) is 4.53. The molecule has 1 heterocycles. The number of hydrogen-bond acceptors (Lipinski definition) is 4. The van der Waals surface area contributed by atoms with Gasteiger partial charge in [0.15, 0.2) is 6.61 Å². The van der Waals surface area contributed by atoms with Crippen LogP contribution >= 0.6 is 0 Å². The van der Waals surface area contributed by atoms with Crippen molar-refractivity contribution >= 4 is 17.6 Å². The Bertz CT molecular complexity index is 990. The van der Waals surface area contributed by atoms with E-state index in [0.29, 0.717) is 34.8 Å². The minimum atomic E-state index is -3.10. The molecule has 2 amide bonds. The summed E-state index contributed by atoms with van der Waals surface area (Å²) in [6, 6.07) is 8.20. The average molecular weight is 431 g/mol. The van der Waals surface area contributed by atoms with Gasteiger partial charge < -0.3 is 15.4 Å². The molecular formula is C23H27F2N3O3. The number of halogens is 2. The number of carbonyl (C=O) groups is 2. The Hall–Kier alpha value is -3.29. The molecule has 8 heteroatoms. The summed E-state index contributed by atoms with van der Waals surface area (Å²) < 4.78 is 32.6. The van der Waals surface area contributed by atoms with Crippen LogP contribution in [0.3, 0.4) is 0 Å². The van der Waals surface area contributed by atoms with Gasteiger partial charge in [-0.2, -0.15) is 8.78 Å². The number of rotatable bonds is 9. The highest BCUT2D eigenvalue weighted by Crippen LogP contribution is 2.26. The molecule has 0 aliphatic rings. The quantitative estimate of drug-likeness (QED) is 0.570. The predicted molar refractivity (Wildman–Crippen MR) is 115 cm³/mol. The van der Waals surface area contributed by atoms with E-state index in [1.807, 2.05) is 0 Å². The van der Waals surface area contributed by atoms with Gasteiger partial charge in [0.2, 0.25) is 5.91 Å². The first-order chi connectivity index (χ1) is 14.5. The number of ether oxygens (including phenoxy) is 1. The summed E-state index contributed by atoms with van der Waals surface area (Å²) >= 11 is 0. The molecule has 31 heavy (non-hydrogen) atoms. The van der Waals surface area contributed by atoms with Crippen molar-refractivity contribution in [2.75, 3.05) is 11.9 Å². The van der Waals surface area contributed by atoms with Gasteiger partial charge >= 0.3 is 5.92 Å². The van der Waals surface area contributed by atoms with Crippen LogP contribution in [0.1, 0.15) is 47.4 Å². The van der Waals surface area contributed by atoms with E-state index in [0.717, 1.165) is 5.56 Å². The molecule has 0 aliphatic carbocycles. The number of anilines is 1. The van der Waals surface area contributed by atoms with Crippen molar-refractivity contribution in [3.63, 3.8) is 0 Å². The topological polar surface area (TPSA) is 80.3 Å². The minimum absolute atomic E-state index is 0.191. The van der Waals surface area contributed by atoms with E-state index in [2.05, 4.69) is 22.2 Å². The molecule has 0 aliphatic heterocycles. The lowest BCUT2D eigenvalue weighted by Crippen LogP contribution is -2.26. The van der Waals surface area contributed by atoms with Crippen LogP contribution in [-0.4, -0.2) is 29.3 Å². The Morgan fingerprint density at radius 2 is 1.90 bits per heavy atom. The fraction of sp³-hybridized carbons (Fsp3) is 0.348. The summed E-state index contributed by atoms with van der Waals surface area (Å²) in [7, 11) is 0. The zero-order valence-corrected chi connectivity index (χ0v) is 18.1. The molecule has 0 saturated carbocycles. The van der Waals surface area contributed by atoms with Crippen LogP contribution < -0.4 is 15.4 Å². The molecule has 0 bridgehead atoms. The average Bonchev–Trinajstić information content (AvgIpc) is 2.70. The maximum atomic E-state index is 13.7. The summed E-state index contributed by atoms with van der Waals surface area (Å²) in [4.78, 5) is 28.3. The summed E-state index contributed by atoms with van der Waals surface area (Å²) in [5, 5.41) is 5.44. The second-order valence-corrected chi connectivity index (χ2v) is 7.34. The molecule has 2 aromatic rings. The molecule has 166 valence electrons. The van der Waals surface area contributed by atoms with Crippen molar-refractivity contribution in [2.24, 2.45) is 0 Å². The molecule has 1 aromatic carbocycles. The van der Waals surface area contributed by atoms with Crippen LogP contribution in [-0.2, 0) is 11.3 Å². The number of pyridine rings is 1. The van der Waals surface area contributed by atoms with Gasteiger partial charge in [0, 0.05) is 24.2 Å². The number of nitrogens with zero attached hydrogens (tertiary/aromatic N) is 1. The summed E-state index contributed by atoms with van der Waals surface area (Å²) in [6.07, 6.45) is 0.307. The van der Waals surface area contributed by atoms with Crippen molar-refractivity contribution < 1.29 is 23.1 Å². The van der Waals surface area contributed by atoms with Crippen molar-refractivity contribution in [2.45, 2.75) is 46.6 Å². The van der Waals surface area contributed by atoms with Crippen LogP contribution in [0.2, 0.25) is 0 Å². The van der Waals surface area contributed by atoms with Crippen molar-refractivity contribution in [3.8, 4) is 5.75 Å². The van der Waals surface area contributed by atoms with Gasteiger partial charge in [-0.1, -0.05) is 25.6 Å². The first-order valence-electron chi connectivity index (χ1n) is 9.84. The second-order valence-electron chi connectivity index (χ2n) is 7.34. The number of alkyl halides is 2. The standard InChI is InChI=1S/C23H27F2N3O3/c1-6-21(29)28-20-11-18(10-16(5)27-20)22(30)26-12-17-7-8-19(15(4)9-17)31-13-23(24,25)14(2)3/h7-11H,2,6,12-13H2,1,3-5H3,(H,26,30)(H,27,28,29). The van der Waals surface area contributed by atoms with Gasteiger partial charge in [-0.05, 0) is 55.7 Å². The Kier molecular flexibility index (Phi) is 7.85. The molecule has 0 radical (unpaired) electrons. The van der Waals surface area contributed by atoms with Gasteiger partial charge in [-0.15, -0.1) is 0 Å². The van der Waals surface area contributed by atoms with Crippen LogP contribution in [0, 0.1) is 13.8 Å². The SMILES string of the molecule is C=C(C)C(F)(F)COc1ccc(CNC(=O)c2cc(C)nc(NC(=O)CC)c2)cc1C. The van der Waals surface area contributed by atoms with Crippen molar-refractivity contribution in [1.82, 2.24) is 10.3 Å². The fourth-order valence-corrected chi connectivity index (χ4v) is 2.65. The normalized spacial score (nSPS) is 11.0. The number of carbonyl (C=O) groups excluding carboxylic acids is 2. The number of hydrogen-bond donors (Lipinski definition) is 2. The molecule has 0 atom stereocenters. The molecule has 0 spiro atoms. The van der Waals surface area contributed by atoms with Crippen LogP contribution in [0.25, 0.3) is 0 Å². The highest BCUT2D eigenvalue weighted by atomic mass is 19.3. The van der Waals surface area contributed by atoms with Crippen LogP contribution in [0.15, 0.2) is 42.5 Å². The Labute approximate surface area is 180 Å². The monoisotopic (exact) mass is 431 g/mol. The maximum absolute atomic E-state index is 13.7. The Morgan fingerprint density at radius 3 is 2.52 bits per heavy atom. The lowest BCUT2D eigenvalue weighted by atomic mass is 10.1. The highest BCUT2D eigenvalue weighted by Gasteiger charge is 2.31. The third-order valence-electron chi connectivity index (χ3n) is 4.53.